The molecule has 2 saturated heterocycles. The maximum atomic E-state index is 12.1. The van der Waals surface area contributed by atoms with E-state index in [-0.39, 0.29) is 18.0 Å². The number of hydrogen-bond donors (Lipinski definition) is 2. The van der Waals surface area contributed by atoms with E-state index in [1.807, 2.05) is 0 Å². The molecule has 1 aromatic rings. The molecular weight excluding hydrogens is 294 g/mol. The standard InChI is InChI=1S/C13H17N3O6/c1-13(2)21-8-7(5-18)20-11(9(8)22-13)16-3-6(4-17)10(14)15-12(16)19/h3-4,7-9,11,18H,5H2,1-2H3,(H2,14,15,19). The Bertz CT molecular complexity index is 658. The van der Waals surface area contributed by atoms with Crippen LogP contribution in [-0.2, 0) is 14.2 Å². The fourth-order valence-corrected chi connectivity index (χ4v) is 2.80. The quantitative estimate of drug-likeness (QED) is 0.684. The van der Waals surface area contributed by atoms with Gasteiger partial charge in [-0.3, -0.25) is 9.36 Å². The Balaban J connectivity index is 2.02. The molecule has 3 rings (SSSR count). The van der Waals surface area contributed by atoms with E-state index in [0.717, 1.165) is 4.57 Å². The SMILES string of the molecule is CC1(C)OC2C(CO)OC(n3cc(C=O)c(N)nc3=O)C2O1. The molecule has 0 spiro atoms. The van der Waals surface area contributed by atoms with Crippen LogP contribution in [0.4, 0.5) is 5.82 Å². The summed E-state index contributed by atoms with van der Waals surface area (Å²) in [7, 11) is 0. The summed E-state index contributed by atoms with van der Waals surface area (Å²) < 4.78 is 18.3. The highest BCUT2D eigenvalue weighted by Crippen LogP contribution is 2.42. The molecule has 0 bridgehead atoms. The normalized spacial score (nSPS) is 32.9. The number of aldehydes is 1. The second-order valence-electron chi connectivity index (χ2n) is 5.70. The number of carbonyl (C=O) groups excluding carboxylic acids is 1. The molecule has 4 unspecified atom stereocenters. The van der Waals surface area contributed by atoms with Crippen molar-refractivity contribution in [3.8, 4) is 0 Å². The van der Waals surface area contributed by atoms with Gasteiger partial charge in [0.1, 0.15) is 24.1 Å². The van der Waals surface area contributed by atoms with Gasteiger partial charge < -0.3 is 25.1 Å². The van der Waals surface area contributed by atoms with Crippen molar-refractivity contribution >= 4 is 12.1 Å². The molecule has 0 aliphatic carbocycles. The Morgan fingerprint density at radius 3 is 2.77 bits per heavy atom. The lowest BCUT2D eigenvalue weighted by molar-refractivity contribution is -0.200. The van der Waals surface area contributed by atoms with Crippen LogP contribution in [0, 0.1) is 0 Å². The lowest BCUT2D eigenvalue weighted by Crippen LogP contribution is -2.35. The number of nitrogens with two attached hydrogens (primary N) is 1. The number of nitrogen functional groups attached to an aromatic ring is 1. The molecule has 0 amide bonds. The average molecular weight is 311 g/mol. The largest absolute Gasteiger partial charge is 0.394 e. The van der Waals surface area contributed by atoms with E-state index in [1.165, 1.54) is 6.20 Å². The minimum Gasteiger partial charge on any atom is -0.394 e. The number of ether oxygens (including phenoxy) is 3. The molecule has 2 aliphatic rings. The van der Waals surface area contributed by atoms with E-state index >= 15 is 0 Å². The van der Waals surface area contributed by atoms with Crippen molar-refractivity contribution in [3.63, 3.8) is 0 Å². The molecule has 9 nitrogen and oxygen atoms in total. The smallest absolute Gasteiger partial charge is 0.351 e. The summed E-state index contributed by atoms with van der Waals surface area (Å²) in [6, 6.07) is 0. The number of aliphatic hydroxyl groups excluding tert-OH is 1. The molecule has 2 aliphatic heterocycles. The van der Waals surface area contributed by atoms with Crippen LogP contribution < -0.4 is 11.4 Å². The third kappa shape index (κ3) is 2.31. The third-order valence-corrected chi connectivity index (χ3v) is 3.72. The van der Waals surface area contributed by atoms with Crippen molar-refractivity contribution < 1.29 is 24.1 Å². The van der Waals surface area contributed by atoms with E-state index in [2.05, 4.69) is 4.98 Å². The summed E-state index contributed by atoms with van der Waals surface area (Å²) in [5, 5.41) is 9.42. The van der Waals surface area contributed by atoms with Crippen LogP contribution in [0.1, 0.15) is 30.4 Å². The lowest BCUT2D eigenvalue weighted by atomic mass is 10.1. The average Bonchev–Trinajstić information content (AvgIpc) is 2.92. The van der Waals surface area contributed by atoms with Gasteiger partial charge >= 0.3 is 5.69 Å². The van der Waals surface area contributed by atoms with Gasteiger partial charge in [-0.05, 0) is 13.8 Å². The molecule has 2 fully saturated rings. The van der Waals surface area contributed by atoms with Gasteiger partial charge in [-0.15, -0.1) is 0 Å². The Morgan fingerprint density at radius 1 is 1.45 bits per heavy atom. The van der Waals surface area contributed by atoms with Crippen molar-refractivity contribution in [1.29, 1.82) is 0 Å². The lowest BCUT2D eigenvalue weighted by Gasteiger charge is -2.24. The van der Waals surface area contributed by atoms with E-state index in [1.54, 1.807) is 13.8 Å². The number of aromatic nitrogens is 2. The van der Waals surface area contributed by atoms with Gasteiger partial charge in [0, 0.05) is 6.20 Å². The Morgan fingerprint density at radius 2 is 2.14 bits per heavy atom. The first-order chi connectivity index (χ1) is 10.4. The van der Waals surface area contributed by atoms with Gasteiger partial charge in [-0.1, -0.05) is 0 Å². The predicted molar refractivity (Wildman–Crippen MR) is 73.1 cm³/mol. The van der Waals surface area contributed by atoms with Crippen LogP contribution in [-0.4, -0.2) is 51.6 Å². The summed E-state index contributed by atoms with van der Waals surface area (Å²) >= 11 is 0. The summed E-state index contributed by atoms with van der Waals surface area (Å²) in [6.45, 7) is 3.18. The number of nitrogens with zero attached hydrogens (tertiary/aromatic N) is 2. The monoisotopic (exact) mass is 311 g/mol. The maximum Gasteiger partial charge on any atom is 0.351 e. The van der Waals surface area contributed by atoms with Crippen LogP contribution in [0.3, 0.4) is 0 Å². The van der Waals surface area contributed by atoms with Crippen LogP contribution in [0.15, 0.2) is 11.0 Å². The predicted octanol–water partition coefficient (Wildman–Crippen LogP) is -0.952. The van der Waals surface area contributed by atoms with Crippen LogP contribution in [0.2, 0.25) is 0 Å². The van der Waals surface area contributed by atoms with Gasteiger partial charge in [-0.2, -0.15) is 4.98 Å². The van der Waals surface area contributed by atoms with E-state index in [0.29, 0.717) is 6.29 Å². The van der Waals surface area contributed by atoms with E-state index in [9.17, 15) is 14.7 Å². The molecule has 1 aromatic heterocycles. The zero-order valence-corrected chi connectivity index (χ0v) is 12.1. The highest BCUT2D eigenvalue weighted by atomic mass is 16.8. The van der Waals surface area contributed by atoms with Crippen molar-refractivity contribution in [2.24, 2.45) is 0 Å². The van der Waals surface area contributed by atoms with Crippen LogP contribution in [0.5, 0.6) is 0 Å². The molecule has 0 saturated carbocycles. The number of anilines is 1. The molecule has 0 aromatic carbocycles. The molecular formula is C13H17N3O6. The zero-order valence-electron chi connectivity index (χ0n) is 12.1. The zero-order chi connectivity index (χ0) is 16.1. The molecule has 3 N–H and O–H groups in total. The topological polar surface area (TPSA) is 126 Å². The summed E-state index contributed by atoms with van der Waals surface area (Å²) in [4.78, 5) is 26.6. The number of hydrogen-bond acceptors (Lipinski definition) is 8. The molecule has 0 radical (unpaired) electrons. The third-order valence-electron chi connectivity index (χ3n) is 3.72. The van der Waals surface area contributed by atoms with Crippen LogP contribution in [0.25, 0.3) is 0 Å². The van der Waals surface area contributed by atoms with Crippen LogP contribution >= 0.6 is 0 Å². The fraction of sp³-hybridized carbons (Fsp3) is 0.615. The van der Waals surface area contributed by atoms with Gasteiger partial charge in [0.15, 0.2) is 18.3 Å². The molecule has 22 heavy (non-hydrogen) atoms. The van der Waals surface area contributed by atoms with E-state index in [4.69, 9.17) is 19.9 Å². The number of carbonyl (C=O) groups is 1. The van der Waals surface area contributed by atoms with E-state index < -0.39 is 36.0 Å². The van der Waals surface area contributed by atoms with Gasteiger partial charge in [0.05, 0.1) is 12.2 Å². The van der Waals surface area contributed by atoms with Crippen molar-refractivity contribution in [2.75, 3.05) is 12.3 Å². The van der Waals surface area contributed by atoms with Gasteiger partial charge in [-0.25, -0.2) is 4.79 Å². The molecule has 3 heterocycles. The van der Waals surface area contributed by atoms with Crippen molar-refractivity contribution in [2.45, 2.75) is 44.2 Å². The Hall–Kier alpha value is -1.81. The Labute approximate surface area is 125 Å². The Kier molecular flexibility index (Phi) is 3.52. The summed E-state index contributed by atoms with van der Waals surface area (Å²) in [6.07, 6.45) is -0.842. The number of fused-ring (bicyclic) bond motifs is 1. The highest BCUT2D eigenvalue weighted by Gasteiger charge is 2.55. The second-order valence-corrected chi connectivity index (χ2v) is 5.70. The highest BCUT2D eigenvalue weighted by molar-refractivity contribution is 5.80. The molecule has 9 heteroatoms. The fourth-order valence-electron chi connectivity index (χ4n) is 2.80. The minimum absolute atomic E-state index is 0.0744. The molecule has 4 atom stereocenters. The molecule has 120 valence electrons. The van der Waals surface area contributed by atoms with Gasteiger partial charge in [0.25, 0.3) is 0 Å². The number of rotatable bonds is 3. The second kappa shape index (κ2) is 5.13. The first kappa shape index (κ1) is 15.1. The first-order valence-electron chi connectivity index (χ1n) is 6.82. The minimum atomic E-state index is -0.858. The van der Waals surface area contributed by atoms with Gasteiger partial charge in [0.2, 0.25) is 0 Å². The van der Waals surface area contributed by atoms with Crippen molar-refractivity contribution in [1.82, 2.24) is 9.55 Å². The summed E-state index contributed by atoms with van der Waals surface area (Å²) in [5.41, 5.74) is 4.92. The summed E-state index contributed by atoms with van der Waals surface area (Å²) in [5.74, 6) is -1.00. The van der Waals surface area contributed by atoms with Crippen molar-refractivity contribution in [3.05, 3.63) is 22.2 Å². The maximum absolute atomic E-state index is 12.1. The first-order valence-corrected chi connectivity index (χ1v) is 6.82. The number of aliphatic hydroxyl groups is 1.